The predicted molar refractivity (Wildman–Crippen MR) is 106 cm³/mol. The molecule has 1 aliphatic heterocycles. The summed E-state index contributed by atoms with van der Waals surface area (Å²) >= 11 is 0. The highest BCUT2D eigenvalue weighted by Gasteiger charge is 2.45. The van der Waals surface area contributed by atoms with E-state index in [0.717, 1.165) is 45.2 Å². The molecule has 28 heavy (non-hydrogen) atoms. The number of rotatable bonds is 5. The Labute approximate surface area is 165 Å². The largest absolute Gasteiger partial charge is 0.408 e. The van der Waals surface area contributed by atoms with Crippen molar-refractivity contribution in [1.29, 1.82) is 0 Å². The summed E-state index contributed by atoms with van der Waals surface area (Å²) < 4.78 is 5.81. The van der Waals surface area contributed by atoms with Crippen LogP contribution in [-0.2, 0) is 17.6 Å². The molecular formula is C22H28N4O2. The van der Waals surface area contributed by atoms with Crippen molar-refractivity contribution in [2.24, 2.45) is 5.41 Å². The highest BCUT2D eigenvalue weighted by atomic mass is 16.4. The summed E-state index contributed by atoms with van der Waals surface area (Å²) in [7, 11) is 0. The lowest BCUT2D eigenvalue weighted by atomic mass is 9.93. The van der Waals surface area contributed by atoms with Crippen LogP contribution in [0.25, 0.3) is 0 Å². The van der Waals surface area contributed by atoms with Gasteiger partial charge in [-0.2, -0.15) is 0 Å². The quantitative estimate of drug-likeness (QED) is 0.859. The summed E-state index contributed by atoms with van der Waals surface area (Å²) in [6, 6.07) is 8.59. The maximum Gasteiger partial charge on any atom is 0.316 e. The third-order valence-electron chi connectivity index (χ3n) is 6.95. The molecule has 1 aromatic carbocycles. The molecule has 1 saturated heterocycles. The highest BCUT2D eigenvalue weighted by molar-refractivity contribution is 5.83. The van der Waals surface area contributed by atoms with E-state index in [1.807, 2.05) is 11.8 Å². The Morgan fingerprint density at radius 1 is 1.25 bits per heavy atom. The summed E-state index contributed by atoms with van der Waals surface area (Å²) in [6.07, 6.45) is 7.98. The first-order valence-corrected chi connectivity index (χ1v) is 10.6. The van der Waals surface area contributed by atoms with Crippen LogP contribution in [0.1, 0.15) is 62.0 Å². The fourth-order valence-corrected chi connectivity index (χ4v) is 4.86. The average molecular weight is 380 g/mol. The molecule has 1 N–H and O–H groups in total. The van der Waals surface area contributed by atoms with Gasteiger partial charge in [-0.3, -0.25) is 4.79 Å². The van der Waals surface area contributed by atoms with Gasteiger partial charge >= 0.3 is 6.01 Å². The molecule has 2 heterocycles. The van der Waals surface area contributed by atoms with Crippen LogP contribution < -0.4 is 5.32 Å². The molecule has 3 aliphatic rings. The van der Waals surface area contributed by atoms with Crippen molar-refractivity contribution in [1.82, 2.24) is 15.1 Å². The highest BCUT2D eigenvalue weighted by Crippen LogP contribution is 2.53. The lowest BCUT2D eigenvalue weighted by Gasteiger charge is -2.33. The van der Waals surface area contributed by atoms with Gasteiger partial charge in [0.1, 0.15) is 6.04 Å². The van der Waals surface area contributed by atoms with E-state index in [9.17, 15) is 4.79 Å². The van der Waals surface area contributed by atoms with E-state index in [-0.39, 0.29) is 11.9 Å². The van der Waals surface area contributed by atoms with Crippen LogP contribution in [0.15, 0.2) is 28.7 Å². The van der Waals surface area contributed by atoms with Crippen LogP contribution in [-0.4, -0.2) is 40.1 Å². The van der Waals surface area contributed by atoms with E-state index >= 15 is 0 Å². The van der Waals surface area contributed by atoms with Gasteiger partial charge in [0.25, 0.3) is 0 Å². The van der Waals surface area contributed by atoms with Gasteiger partial charge in [-0.15, -0.1) is 5.10 Å². The van der Waals surface area contributed by atoms with Gasteiger partial charge in [-0.05, 0) is 67.9 Å². The fraction of sp³-hybridized carbons (Fsp3) is 0.591. The summed E-state index contributed by atoms with van der Waals surface area (Å²) in [4.78, 5) is 14.7. The summed E-state index contributed by atoms with van der Waals surface area (Å²) in [5.74, 6) is 1.20. The number of fused-ring (bicyclic) bond motifs is 1. The zero-order valence-corrected chi connectivity index (χ0v) is 16.5. The third kappa shape index (κ3) is 3.40. The van der Waals surface area contributed by atoms with Crippen molar-refractivity contribution in [2.45, 2.75) is 63.8 Å². The van der Waals surface area contributed by atoms with E-state index in [1.54, 1.807) is 0 Å². The Hall–Kier alpha value is -2.37. The van der Waals surface area contributed by atoms with Crippen molar-refractivity contribution in [3.05, 3.63) is 41.3 Å². The number of piperidine rings is 1. The first-order chi connectivity index (χ1) is 13.6. The number of likely N-dealkylation sites (tertiary alicyclic amines) is 1. The zero-order valence-electron chi connectivity index (χ0n) is 16.5. The Balaban J connectivity index is 1.17. The minimum Gasteiger partial charge on any atom is -0.408 e. The molecule has 2 fully saturated rings. The Bertz CT molecular complexity index is 863. The van der Waals surface area contributed by atoms with E-state index in [2.05, 4.69) is 39.8 Å². The monoisotopic (exact) mass is 380 g/mol. The molecule has 2 aliphatic carbocycles. The van der Waals surface area contributed by atoms with Crippen LogP contribution >= 0.6 is 0 Å². The van der Waals surface area contributed by atoms with Crippen molar-refractivity contribution < 1.29 is 9.21 Å². The van der Waals surface area contributed by atoms with Gasteiger partial charge in [0, 0.05) is 19.5 Å². The molecule has 1 saturated carbocycles. The van der Waals surface area contributed by atoms with Gasteiger partial charge < -0.3 is 14.6 Å². The molecule has 0 bridgehead atoms. The van der Waals surface area contributed by atoms with Crippen molar-refractivity contribution >= 4 is 11.9 Å². The zero-order chi connectivity index (χ0) is 19.1. The maximum atomic E-state index is 12.7. The third-order valence-corrected chi connectivity index (χ3v) is 6.95. The predicted octanol–water partition coefficient (Wildman–Crippen LogP) is 3.55. The first kappa shape index (κ1) is 17.7. The van der Waals surface area contributed by atoms with E-state index in [4.69, 9.17) is 4.42 Å². The molecule has 148 valence electrons. The van der Waals surface area contributed by atoms with Gasteiger partial charge in [-0.25, -0.2) is 0 Å². The van der Waals surface area contributed by atoms with E-state index in [0.29, 0.717) is 23.2 Å². The summed E-state index contributed by atoms with van der Waals surface area (Å²) in [5, 5.41) is 11.4. The van der Waals surface area contributed by atoms with Crippen molar-refractivity contribution in [3.63, 3.8) is 0 Å². The SMILES string of the molecule is C[C@@H](Nc1nnc(C[C@@H]2CCc3ccccc32)o1)C(=O)N1CCC2(CC1)CC2. The molecule has 6 heteroatoms. The molecule has 2 aromatic rings. The molecule has 1 spiro atoms. The van der Waals surface area contributed by atoms with Crippen LogP contribution in [0.3, 0.4) is 0 Å². The second-order valence-corrected chi connectivity index (χ2v) is 8.83. The first-order valence-electron chi connectivity index (χ1n) is 10.6. The molecule has 0 radical (unpaired) electrons. The number of hydrogen-bond acceptors (Lipinski definition) is 5. The number of carbonyl (C=O) groups excluding carboxylic acids is 1. The van der Waals surface area contributed by atoms with Gasteiger partial charge in [-0.1, -0.05) is 29.4 Å². The van der Waals surface area contributed by atoms with E-state index < -0.39 is 0 Å². The molecule has 1 aromatic heterocycles. The second kappa shape index (κ2) is 6.90. The number of anilines is 1. The average Bonchev–Trinajstić information content (AvgIpc) is 3.13. The topological polar surface area (TPSA) is 71.3 Å². The van der Waals surface area contributed by atoms with Crippen molar-refractivity contribution in [3.8, 4) is 0 Å². The van der Waals surface area contributed by atoms with E-state index in [1.165, 1.54) is 24.0 Å². The number of nitrogens with zero attached hydrogens (tertiary/aromatic N) is 3. The summed E-state index contributed by atoms with van der Waals surface area (Å²) in [5.41, 5.74) is 3.41. The minimum absolute atomic E-state index is 0.125. The van der Waals surface area contributed by atoms with Crippen LogP contribution in [0.4, 0.5) is 6.01 Å². The maximum absolute atomic E-state index is 12.7. The molecule has 6 nitrogen and oxygen atoms in total. The second-order valence-electron chi connectivity index (χ2n) is 8.83. The molecule has 5 rings (SSSR count). The molecule has 0 unspecified atom stereocenters. The van der Waals surface area contributed by atoms with Gasteiger partial charge in [0.2, 0.25) is 11.8 Å². The molecular weight excluding hydrogens is 352 g/mol. The number of carbonyl (C=O) groups is 1. The Morgan fingerprint density at radius 2 is 2.04 bits per heavy atom. The van der Waals surface area contributed by atoms with Crippen LogP contribution in [0.2, 0.25) is 0 Å². The number of benzene rings is 1. The fourth-order valence-electron chi connectivity index (χ4n) is 4.86. The Morgan fingerprint density at radius 3 is 2.82 bits per heavy atom. The standard InChI is InChI=1S/C22H28N4O2/c1-15(20(27)26-12-10-22(8-9-22)11-13-26)23-21-25-24-19(28-21)14-17-7-6-16-4-2-3-5-18(16)17/h2-5,15,17H,6-14H2,1H3,(H,23,25)/t15-,17+/m1/s1. The van der Waals surface area contributed by atoms with Gasteiger partial charge in [0.15, 0.2) is 0 Å². The van der Waals surface area contributed by atoms with Crippen molar-refractivity contribution in [2.75, 3.05) is 18.4 Å². The lowest BCUT2D eigenvalue weighted by molar-refractivity contribution is -0.133. The molecule has 2 atom stereocenters. The smallest absolute Gasteiger partial charge is 0.316 e. The normalized spacial score (nSPS) is 23.5. The number of aromatic nitrogens is 2. The van der Waals surface area contributed by atoms with Crippen LogP contribution in [0, 0.1) is 5.41 Å². The number of amides is 1. The number of aryl methyl sites for hydroxylation is 1. The Kier molecular flexibility index (Phi) is 4.37. The van der Waals surface area contributed by atoms with Gasteiger partial charge in [0.05, 0.1) is 0 Å². The number of hydrogen-bond donors (Lipinski definition) is 1. The van der Waals surface area contributed by atoms with Crippen LogP contribution in [0.5, 0.6) is 0 Å². The minimum atomic E-state index is -0.353. The lowest BCUT2D eigenvalue weighted by Crippen LogP contribution is -2.45. The summed E-state index contributed by atoms with van der Waals surface area (Å²) in [6.45, 7) is 3.63. The molecule has 1 amide bonds. The number of nitrogens with one attached hydrogen (secondary N) is 1.